The lowest BCUT2D eigenvalue weighted by atomic mass is 9.96. The van der Waals surface area contributed by atoms with E-state index in [2.05, 4.69) is 9.71 Å². The molecule has 0 unspecified atom stereocenters. The Bertz CT molecular complexity index is 1220. The normalized spacial score (nSPS) is 14.1. The largest absolute Gasteiger partial charge is 0.281 e. The smallest absolute Gasteiger partial charge is 0.229 e. The van der Waals surface area contributed by atoms with Crippen molar-refractivity contribution in [3.05, 3.63) is 95.6 Å². The number of anilines is 1. The summed E-state index contributed by atoms with van der Waals surface area (Å²) in [6.45, 7) is 0. The van der Waals surface area contributed by atoms with Crippen molar-refractivity contribution in [2.24, 2.45) is 4.99 Å². The van der Waals surface area contributed by atoms with Crippen LogP contribution in [0.25, 0.3) is 11.3 Å². The first kappa shape index (κ1) is 19.0. The molecule has 0 amide bonds. The summed E-state index contributed by atoms with van der Waals surface area (Å²) in [5.41, 5.74) is 5.08. The number of nitrogens with zero attached hydrogens (tertiary/aromatic N) is 2. The predicted molar refractivity (Wildman–Crippen MR) is 114 cm³/mol. The number of benzene rings is 2. The average molecular weight is 407 g/mol. The van der Waals surface area contributed by atoms with Crippen molar-refractivity contribution in [3.8, 4) is 0 Å². The van der Waals surface area contributed by atoms with Gasteiger partial charge in [-0.2, -0.15) is 0 Å². The van der Waals surface area contributed by atoms with E-state index in [9.17, 15) is 12.8 Å². The maximum atomic E-state index is 14.2. The second kappa shape index (κ2) is 7.60. The molecule has 0 fully saturated rings. The van der Waals surface area contributed by atoms with Gasteiger partial charge in [0.2, 0.25) is 10.0 Å². The average Bonchev–Trinajstić information content (AvgIpc) is 3.15. The monoisotopic (exact) mass is 407 g/mol. The molecule has 1 N–H and O–H groups in total. The van der Waals surface area contributed by atoms with Gasteiger partial charge in [-0.1, -0.05) is 36.4 Å². The van der Waals surface area contributed by atoms with E-state index in [4.69, 9.17) is 4.99 Å². The Morgan fingerprint density at radius 1 is 0.931 bits per heavy atom. The van der Waals surface area contributed by atoms with E-state index in [0.29, 0.717) is 12.0 Å². The van der Waals surface area contributed by atoms with E-state index in [0.717, 1.165) is 34.4 Å². The zero-order chi connectivity index (χ0) is 20.4. The van der Waals surface area contributed by atoms with Crippen LogP contribution in [0.2, 0.25) is 0 Å². The molecule has 0 aliphatic carbocycles. The summed E-state index contributed by atoms with van der Waals surface area (Å²) in [7, 11) is -3.60. The third-order valence-corrected chi connectivity index (χ3v) is 5.14. The van der Waals surface area contributed by atoms with Crippen molar-refractivity contribution in [2.75, 3.05) is 11.0 Å². The molecular weight excluding hydrogens is 389 g/mol. The van der Waals surface area contributed by atoms with Crippen molar-refractivity contribution in [1.82, 2.24) is 4.98 Å². The molecule has 7 heteroatoms. The third-order valence-electron chi connectivity index (χ3n) is 4.55. The first-order valence-electron chi connectivity index (χ1n) is 8.95. The van der Waals surface area contributed by atoms with Crippen LogP contribution in [0.5, 0.6) is 0 Å². The SMILES string of the molecule is CS(=O)(=O)Nc1cc(C2=C(c3ccncc3)N=C(c3ccccc3)C2)ccc1F. The number of rotatable bonds is 5. The molecule has 146 valence electrons. The topological polar surface area (TPSA) is 71.4 Å². The number of hydrogen-bond acceptors (Lipinski definition) is 4. The summed E-state index contributed by atoms with van der Waals surface area (Å²) in [6.07, 6.45) is 4.92. The van der Waals surface area contributed by atoms with Crippen molar-refractivity contribution < 1.29 is 12.8 Å². The number of pyridine rings is 1. The van der Waals surface area contributed by atoms with Crippen LogP contribution in [-0.2, 0) is 10.0 Å². The molecule has 0 saturated carbocycles. The molecule has 1 aliphatic rings. The van der Waals surface area contributed by atoms with Crippen LogP contribution in [0, 0.1) is 5.82 Å². The fourth-order valence-corrected chi connectivity index (χ4v) is 3.82. The molecule has 0 atom stereocenters. The van der Waals surface area contributed by atoms with Crippen molar-refractivity contribution in [2.45, 2.75) is 6.42 Å². The fraction of sp³-hybridized carbons (Fsp3) is 0.0909. The van der Waals surface area contributed by atoms with E-state index in [1.54, 1.807) is 18.5 Å². The maximum absolute atomic E-state index is 14.2. The number of halogens is 1. The van der Waals surface area contributed by atoms with Gasteiger partial charge in [-0.25, -0.2) is 12.8 Å². The molecular formula is C22H18FN3O2S. The molecule has 2 heterocycles. The molecule has 0 saturated heterocycles. The van der Waals surface area contributed by atoms with Gasteiger partial charge in [0, 0.05) is 24.4 Å². The van der Waals surface area contributed by atoms with Crippen LogP contribution in [0.3, 0.4) is 0 Å². The lowest BCUT2D eigenvalue weighted by Crippen LogP contribution is -2.11. The summed E-state index contributed by atoms with van der Waals surface area (Å²) in [5.74, 6) is -0.632. The molecule has 0 spiro atoms. The second-order valence-electron chi connectivity index (χ2n) is 6.73. The number of aromatic nitrogens is 1. The first-order valence-corrected chi connectivity index (χ1v) is 10.8. The zero-order valence-corrected chi connectivity index (χ0v) is 16.4. The molecule has 0 radical (unpaired) electrons. The maximum Gasteiger partial charge on any atom is 0.229 e. The Balaban J connectivity index is 1.81. The Morgan fingerprint density at radius 3 is 2.34 bits per heavy atom. The number of allylic oxidation sites excluding steroid dienone is 1. The number of sulfonamides is 1. The van der Waals surface area contributed by atoms with Crippen LogP contribution in [0.1, 0.15) is 23.1 Å². The number of hydrogen-bond donors (Lipinski definition) is 1. The lowest BCUT2D eigenvalue weighted by molar-refractivity contribution is 0.603. The van der Waals surface area contributed by atoms with Crippen LogP contribution in [0.4, 0.5) is 10.1 Å². The molecule has 3 aromatic rings. The lowest BCUT2D eigenvalue weighted by Gasteiger charge is -2.11. The van der Waals surface area contributed by atoms with Gasteiger partial charge in [-0.05, 0) is 41.0 Å². The molecule has 1 aromatic heterocycles. The predicted octanol–water partition coefficient (Wildman–Crippen LogP) is 4.35. The van der Waals surface area contributed by atoms with Crippen LogP contribution >= 0.6 is 0 Å². The van der Waals surface area contributed by atoms with E-state index >= 15 is 0 Å². The second-order valence-corrected chi connectivity index (χ2v) is 8.48. The number of aliphatic imine (C=N–C) groups is 1. The van der Waals surface area contributed by atoms with Gasteiger partial charge in [-0.15, -0.1) is 0 Å². The summed E-state index contributed by atoms with van der Waals surface area (Å²) in [4.78, 5) is 8.91. The van der Waals surface area contributed by atoms with Crippen LogP contribution in [0.15, 0.2) is 78.0 Å². The first-order chi connectivity index (χ1) is 13.9. The third kappa shape index (κ3) is 4.25. The minimum Gasteiger partial charge on any atom is -0.281 e. The molecule has 29 heavy (non-hydrogen) atoms. The van der Waals surface area contributed by atoms with Gasteiger partial charge in [0.15, 0.2) is 0 Å². The molecule has 4 rings (SSSR count). The Morgan fingerprint density at radius 2 is 1.66 bits per heavy atom. The fourth-order valence-electron chi connectivity index (χ4n) is 3.27. The van der Waals surface area contributed by atoms with Crippen molar-refractivity contribution in [3.63, 3.8) is 0 Å². The molecule has 2 aromatic carbocycles. The Kier molecular flexibility index (Phi) is 4.98. The Labute approximate surface area is 168 Å². The summed E-state index contributed by atoms with van der Waals surface area (Å²) < 4.78 is 39.6. The van der Waals surface area contributed by atoms with Crippen LogP contribution in [-0.4, -0.2) is 25.4 Å². The quantitative estimate of drug-likeness (QED) is 0.683. The van der Waals surface area contributed by atoms with E-state index < -0.39 is 15.8 Å². The standard InChI is InChI=1S/C22H18FN3O2S/c1-29(27,28)26-21-13-17(7-8-19(21)23)18-14-20(15-5-3-2-4-6-15)25-22(18)16-9-11-24-12-10-16/h2-13,26H,14H2,1H3. The summed E-state index contributed by atoms with van der Waals surface area (Å²) in [5, 5.41) is 0. The van der Waals surface area contributed by atoms with Gasteiger partial charge in [0.1, 0.15) is 5.82 Å². The molecule has 1 aliphatic heterocycles. The van der Waals surface area contributed by atoms with Crippen LogP contribution < -0.4 is 4.72 Å². The van der Waals surface area contributed by atoms with Gasteiger partial charge < -0.3 is 0 Å². The highest BCUT2D eigenvalue weighted by atomic mass is 32.2. The highest BCUT2D eigenvalue weighted by molar-refractivity contribution is 7.92. The van der Waals surface area contributed by atoms with Gasteiger partial charge >= 0.3 is 0 Å². The van der Waals surface area contributed by atoms with Crippen molar-refractivity contribution in [1.29, 1.82) is 0 Å². The summed E-state index contributed by atoms with van der Waals surface area (Å²) in [6, 6.07) is 18.0. The van der Waals surface area contributed by atoms with Gasteiger partial charge in [0.05, 0.1) is 23.4 Å². The van der Waals surface area contributed by atoms with E-state index in [1.807, 2.05) is 42.5 Å². The van der Waals surface area contributed by atoms with E-state index in [-0.39, 0.29) is 5.69 Å². The molecule has 5 nitrogen and oxygen atoms in total. The van der Waals surface area contributed by atoms with Gasteiger partial charge in [0.25, 0.3) is 0 Å². The minimum atomic E-state index is -3.60. The molecule has 0 bridgehead atoms. The highest BCUT2D eigenvalue weighted by Gasteiger charge is 2.23. The number of nitrogens with one attached hydrogen (secondary N) is 1. The highest BCUT2D eigenvalue weighted by Crippen LogP contribution is 2.38. The zero-order valence-electron chi connectivity index (χ0n) is 15.6. The van der Waals surface area contributed by atoms with E-state index in [1.165, 1.54) is 12.1 Å². The summed E-state index contributed by atoms with van der Waals surface area (Å²) >= 11 is 0. The van der Waals surface area contributed by atoms with Gasteiger partial charge in [-0.3, -0.25) is 14.7 Å². The minimum absolute atomic E-state index is 0.0836. The Hall–Kier alpha value is -3.32. The van der Waals surface area contributed by atoms with Crippen molar-refractivity contribution >= 4 is 32.7 Å².